The summed E-state index contributed by atoms with van der Waals surface area (Å²) in [6, 6.07) is 14.6. The topological polar surface area (TPSA) is 86.5 Å². The lowest BCUT2D eigenvalue weighted by molar-refractivity contribution is -0.117. The number of carbonyl (C=O) groups excluding carboxylic acids is 1. The summed E-state index contributed by atoms with van der Waals surface area (Å²) < 4.78 is 16.1. The Morgan fingerprint density at radius 2 is 1.87 bits per heavy atom. The fraction of sp³-hybridized carbons (Fsp3) is 0.292. The lowest BCUT2D eigenvalue weighted by atomic mass is 9.99. The van der Waals surface area contributed by atoms with E-state index in [4.69, 9.17) is 14.0 Å². The average Bonchev–Trinajstić information content (AvgIpc) is 3.30. The van der Waals surface area contributed by atoms with Crippen LogP contribution >= 0.6 is 0 Å². The Balaban J connectivity index is 1.80. The Kier molecular flexibility index (Phi) is 7.43. The predicted molar refractivity (Wildman–Crippen MR) is 119 cm³/mol. The van der Waals surface area contributed by atoms with E-state index in [0.29, 0.717) is 23.2 Å². The normalized spacial score (nSPS) is 13.0. The molecule has 0 spiro atoms. The van der Waals surface area contributed by atoms with Crippen molar-refractivity contribution in [2.45, 2.75) is 26.3 Å². The van der Waals surface area contributed by atoms with Gasteiger partial charge in [-0.05, 0) is 35.8 Å². The molecule has 0 radical (unpaired) electrons. The number of amides is 1. The van der Waals surface area contributed by atoms with Gasteiger partial charge in [-0.25, -0.2) is 0 Å². The SMILES string of the molecule is CC[C@H](C)[C@@H](NC(=O)/C=C/c1ccccc1)c1nc(-c2ccc(OC)c(OC)c2)no1. The first kappa shape index (κ1) is 22.1. The van der Waals surface area contributed by atoms with Crippen LogP contribution in [0.5, 0.6) is 11.5 Å². The molecular formula is C24H27N3O4. The van der Waals surface area contributed by atoms with Crippen LogP contribution in [-0.4, -0.2) is 30.3 Å². The Bertz CT molecular complexity index is 1030. The van der Waals surface area contributed by atoms with Gasteiger partial charge in [-0.1, -0.05) is 55.8 Å². The fourth-order valence-electron chi connectivity index (χ4n) is 3.07. The summed E-state index contributed by atoms with van der Waals surface area (Å²) in [6.45, 7) is 4.08. The number of nitrogens with one attached hydrogen (secondary N) is 1. The fourth-order valence-corrected chi connectivity index (χ4v) is 3.07. The van der Waals surface area contributed by atoms with Crippen LogP contribution in [0.4, 0.5) is 0 Å². The third-order valence-corrected chi connectivity index (χ3v) is 5.09. The molecule has 1 N–H and O–H groups in total. The van der Waals surface area contributed by atoms with E-state index in [2.05, 4.69) is 22.4 Å². The van der Waals surface area contributed by atoms with Crippen LogP contribution in [0, 0.1) is 5.92 Å². The maximum atomic E-state index is 12.5. The van der Waals surface area contributed by atoms with Crippen LogP contribution in [0.25, 0.3) is 17.5 Å². The van der Waals surface area contributed by atoms with Crippen LogP contribution in [-0.2, 0) is 4.79 Å². The second-order valence-electron chi connectivity index (χ2n) is 7.14. The summed E-state index contributed by atoms with van der Waals surface area (Å²) in [5.41, 5.74) is 1.68. The molecule has 2 aromatic carbocycles. The molecule has 7 heteroatoms. The zero-order valence-electron chi connectivity index (χ0n) is 18.2. The molecule has 0 fully saturated rings. The molecule has 162 valence electrons. The molecule has 3 aromatic rings. The zero-order valence-corrected chi connectivity index (χ0v) is 18.2. The van der Waals surface area contributed by atoms with Gasteiger partial charge in [0.2, 0.25) is 17.6 Å². The van der Waals surface area contributed by atoms with Gasteiger partial charge in [-0.15, -0.1) is 0 Å². The van der Waals surface area contributed by atoms with Crippen LogP contribution in [0.1, 0.15) is 37.8 Å². The lowest BCUT2D eigenvalue weighted by Gasteiger charge is -2.19. The summed E-state index contributed by atoms with van der Waals surface area (Å²) in [4.78, 5) is 17.1. The van der Waals surface area contributed by atoms with E-state index in [-0.39, 0.29) is 11.8 Å². The van der Waals surface area contributed by atoms with Gasteiger partial charge in [0.25, 0.3) is 0 Å². The van der Waals surface area contributed by atoms with Crippen LogP contribution < -0.4 is 14.8 Å². The van der Waals surface area contributed by atoms with Gasteiger partial charge >= 0.3 is 0 Å². The lowest BCUT2D eigenvalue weighted by Crippen LogP contribution is -2.31. The van der Waals surface area contributed by atoms with Crippen molar-refractivity contribution in [1.29, 1.82) is 0 Å². The molecule has 0 bridgehead atoms. The number of rotatable bonds is 9. The molecule has 2 atom stereocenters. The van der Waals surface area contributed by atoms with Crippen molar-refractivity contribution < 1.29 is 18.8 Å². The number of carbonyl (C=O) groups is 1. The minimum atomic E-state index is -0.403. The molecule has 31 heavy (non-hydrogen) atoms. The van der Waals surface area contributed by atoms with E-state index in [1.165, 1.54) is 6.08 Å². The summed E-state index contributed by atoms with van der Waals surface area (Å²) in [6.07, 6.45) is 4.11. The minimum Gasteiger partial charge on any atom is -0.493 e. The molecule has 0 saturated carbocycles. The molecule has 3 rings (SSSR count). The Labute approximate surface area is 182 Å². The molecule has 0 unspecified atom stereocenters. The molecular weight excluding hydrogens is 394 g/mol. The highest BCUT2D eigenvalue weighted by Crippen LogP contribution is 2.32. The van der Waals surface area contributed by atoms with E-state index < -0.39 is 6.04 Å². The highest BCUT2D eigenvalue weighted by Gasteiger charge is 2.26. The minimum absolute atomic E-state index is 0.104. The number of methoxy groups -OCH3 is 2. The average molecular weight is 421 g/mol. The van der Waals surface area contributed by atoms with E-state index >= 15 is 0 Å². The maximum Gasteiger partial charge on any atom is 0.249 e. The zero-order chi connectivity index (χ0) is 22.2. The second-order valence-corrected chi connectivity index (χ2v) is 7.14. The third kappa shape index (κ3) is 5.51. The van der Waals surface area contributed by atoms with Crippen molar-refractivity contribution in [2.75, 3.05) is 14.2 Å². The summed E-state index contributed by atoms with van der Waals surface area (Å²) >= 11 is 0. The van der Waals surface area contributed by atoms with Gasteiger partial charge in [-0.3, -0.25) is 4.79 Å². The predicted octanol–water partition coefficient (Wildman–Crippen LogP) is 4.67. The van der Waals surface area contributed by atoms with Crippen molar-refractivity contribution in [3.8, 4) is 22.9 Å². The van der Waals surface area contributed by atoms with Crippen molar-refractivity contribution in [3.05, 3.63) is 66.1 Å². The Morgan fingerprint density at radius 1 is 1.13 bits per heavy atom. The molecule has 7 nitrogen and oxygen atoms in total. The van der Waals surface area contributed by atoms with Gasteiger partial charge in [0.15, 0.2) is 11.5 Å². The van der Waals surface area contributed by atoms with Gasteiger partial charge in [0, 0.05) is 11.6 Å². The summed E-state index contributed by atoms with van der Waals surface area (Å²) in [5, 5.41) is 7.10. The molecule has 1 heterocycles. The van der Waals surface area contributed by atoms with Crippen molar-refractivity contribution in [1.82, 2.24) is 15.5 Å². The highest BCUT2D eigenvalue weighted by molar-refractivity contribution is 5.91. The molecule has 0 saturated heterocycles. The summed E-state index contributed by atoms with van der Waals surface area (Å²) in [5.74, 6) is 1.85. The largest absolute Gasteiger partial charge is 0.493 e. The molecule has 0 aliphatic heterocycles. The van der Waals surface area contributed by atoms with Crippen molar-refractivity contribution in [3.63, 3.8) is 0 Å². The van der Waals surface area contributed by atoms with E-state index in [1.807, 2.05) is 43.3 Å². The quantitative estimate of drug-likeness (QED) is 0.505. The molecule has 1 amide bonds. The standard InChI is InChI=1S/C24H27N3O4/c1-5-16(2)22(25-21(28)14-11-17-9-7-6-8-10-17)24-26-23(27-31-24)18-12-13-19(29-3)20(15-18)30-4/h6-16,22H,5H2,1-4H3,(H,25,28)/b14-11+/t16-,22+/m0/s1. The van der Waals surface area contributed by atoms with Crippen LogP contribution in [0.15, 0.2) is 59.1 Å². The van der Waals surface area contributed by atoms with Crippen LogP contribution in [0.2, 0.25) is 0 Å². The second kappa shape index (κ2) is 10.4. The van der Waals surface area contributed by atoms with Crippen molar-refractivity contribution in [2.24, 2.45) is 5.92 Å². The monoisotopic (exact) mass is 421 g/mol. The van der Waals surface area contributed by atoms with E-state index in [9.17, 15) is 4.79 Å². The number of hydrogen-bond acceptors (Lipinski definition) is 6. The Hall–Kier alpha value is -3.61. The van der Waals surface area contributed by atoms with E-state index in [1.54, 1.807) is 32.4 Å². The first-order chi connectivity index (χ1) is 15.0. The number of ether oxygens (including phenoxy) is 2. The molecule has 0 aliphatic carbocycles. The highest BCUT2D eigenvalue weighted by atomic mass is 16.5. The number of aromatic nitrogens is 2. The number of nitrogens with zero attached hydrogens (tertiary/aromatic N) is 2. The smallest absolute Gasteiger partial charge is 0.249 e. The van der Waals surface area contributed by atoms with Gasteiger partial charge in [0.1, 0.15) is 6.04 Å². The Morgan fingerprint density at radius 3 is 2.55 bits per heavy atom. The first-order valence-electron chi connectivity index (χ1n) is 10.1. The third-order valence-electron chi connectivity index (χ3n) is 5.09. The molecule has 0 aliphatic rings. The number of benzene rings is 2. The van der Waals surface area contributed by atoms with E-state index in [0.717, 1.165) is 17.5 Å². The summed E-state index contributed by atoms with van der Waals surface area (Å²) in [7, 11) is 3.15. The van der Waals surface area contributed by atoms with Crippen LogP contribution in [0.3, 0.4) is 0 Å². The van der Waals surface area contributed by atoms with Gasteiger partial charge in [0.05, 0.1) is 14.2 Å². The van der Waals surface area contributed by atoms with Gasteiger partial charge in [-0.2, -0.15) is 4.98 Å². The maximum absolute atomic E-state index is 12.5. The van der Waals surface area contributed by atoms with Crippen molar-refractivity contribution >= 4 is 12.0 Å². The number of hydrogen-bond donors (Lipinski definition) is 1. The first-order valence-corrected chi connectivity index (χ1v) is 10.1. The molecule has 1 aromatic heterocycles. The van der Waals surface area contributed by atoms with Gasteiger partial charge < -0.3 is 19.3 Å².